The molecule has 0 unspecified atom stereocenters. The molecular weight excluding hydrogens is 400 g/mol. The number of phenols is 1. The lowest BCUT2D eigenvalue weighted by molar-refractivity contribution is 0.0939. The molecule has 2 aliphatic rings. The second-order valence-electron chi connectivity index (χ2n) is 9.06. The van der Waals surface area contributed by atoms with Gasteiger partial charge in [0.15, 0.2) is 5.01 Å². The fourth-order valence-electron chi connectivity index (χ4n) is 5.05. The zero-order valence-corrected chi connectivity index (χ0v) is 18.1. The summed E-state index contributed by atoms with van der Waals surface area (Å²) in [4.78, 5) is 6.21. The molecule has 0 saturated carbocycles. The molecule has 5 rings (SSSR count). The minimum absolute atomic E-state index is 0.0692. The third kappa shape index (κ3) is 3.17. The van der Waals surface area contributed by atoms with Crippen LogP contribution in [0.5, 0.6) is 5.75 Å². The molecule has 2 aromatic heterocycles. The maximum Gasteiger partial charge on any atom is 0.208 e. The molecule has 158 valence electrons. The van der Waals surface area contributed by atoms with Crippen LogP contribution in [0.2, 0.25) is 0 Å². The summed E-state index contributed by atoms with van der Waals surface area (Å²) in [5, 5.41) is 35.0. The lowest BCUT2D eigenvalue weighted by atomic mass is 9.84. The minimum atomic E-state index is -0.336. The molecule has 8 nitrogen and oxygen atoms in total. The zero-order chi connectivity index (χ0) is 21.1. The minimum Gasteiger partial charge on any atom is -0.507 e. The van der Waals surface area contributed by atoms with Crippen LogP contribution >= 0.6 is 11.3 Å². The first-order valence-corrected chi connectivity index (χ1v) is 10.9. The molecule has 2 aliphatic heterocycles. The topological polar surface area (TPSA) is 99.3 Å². The summed E-state index contributed by atoms with van der Waals surface area (Å²) >= 11 is 1.47. The van der Waals surface area contributed by atoms with Gasteiger partial charge in [-0.3, -0.25) is 0 Å². The van der Waals surface area contributed by atoms with Crippen LogP contribution in [0.15, 0.2) is 36.9 Å². The summed E-state index contributed by atoms with van der Waals surface area (Å²) in [7, 11) is 2.04. The maximum absolute atomic E-state index is 10.6. The predicted octanol–water partition coefficient (Wildman–Crippen LogP) is 2.57. The van der Waals surface area contributed by atoms with Crippen LogP contribution in [-0.4, -0.2) is 60.2 Å². The highest BCUT2D eigenvalue weighted by Crippen LogP contribution is 2.45. The number of nitrogens with one attached hydrogen (secondary N) is 1. The third-order valence-electron chi connectivity index (χ3n) is 6.59. The number of phenolic OH excluding ortho intramolecular Hbond substituents is 1. The van der Waals surface area contributed by atoms with Gasteiger partial charge in [0.05, 0.1) is 23.7 Å². The van der Waals surface area contributed by atoms with Gasteiger partial charge in [-0.05, 0) is 45.2 Å². The van der Waals surface area contributed by atoms with Gasteiger partial charge in [-0.25, -0.2) is 4.98 Å². The maximum atomic E-state index is 10.6. The normalized spacial score (nSPS) is 30.5. The Bertz CT molecular complexity index is 1070. The molecule has 4 atom stereocenters. The molecule has 2 saturated heterocycles. The number of aliphatic hydroxyl groups is 1. The number of aromatic nitrogens is 4. The molecule has 3 aromatic rings. The number of rotatable bonds is 4. The van der Waals surface area contributed by atoms with E-state index in [0.29, 0.717) is 10.6 Å². The monoisotopic (exact) mass is 426 g/mol. The summed E-state index contributed by atoms with van der Waals surface area (Å²) < 4.78 is 1.84. The average molecular weight is 427 g/mol. The number of aliphatic hydroxyl groups excluding tert-OH is 1. The van der Waals surface area contributed by atoms with Crippen LogP contribution in [-0.2, 0) is 0 Å². The number of fused-ring (bicyclic) bond motifs is 2. The van der Waals surface area contributed by atoms with Gasteiger partial charge in [-0.1, -0.05) is 11.3 Å². The van der Waals surface area contributed by atoms with Crippen molar-refractivity contribution in [2.75, 3.05) is 11.9 Å². The van der Waals surface area contributed by atoms with E-state index >= 15 is 0 Å². The SMILES string of the molecule is CN(c1nnc(-c2ccc(-n3ccnc3)cc2O)s1)[C@H]1C[C@]2(C)C[C@@H](O)[C@](C)(C1)N2. The van der Waals surface area contributed by atoms with Crippen molar-refractivity contribution in [2.45, 2.75) is 56.3 Å². The number of aromatic hydroxyl groups is 1. The van der Waals surface area contributed by atoms with E-state index in [4.69, 9.17) is 0 Å². The summed E-state index contributed by atoms with van der Waals surface area (Å²) in [6.45, 7) is 4.29. The van der Waals surface area contributed by atoms with Crippen molar-refractivity contribution >= 4 is 16.5 Å². The molecular formula is C21H26N6O2S. The van der Waals surface area contributed by atoms with Crippen molar-refractivity contribution < 1.29 is 10.2 Å². The Balaban J connectivity index is 1.38. The highest BCUT2D eigenvalue weighted by atomic mass is 32.1. The van der Waals surface area contributed by atoms with Crippen molar-refractivity contribution in [3.63, 3.8) is 0 Å². The zero-order valence-electron chi connectivity index (χ0n) is 17.3. The summed E-state index contributed by atoms with van der Waals surface area (Å²) in [5.74, 6) is 0.162. The number of hydrogen-bond donors (Lipinski definition) is 3. The first kappa shape index (κ1) is 19.5. The van der Waals surface area contributed by atoms with E-state index < -0.39 is 0 Å². The summed E-state index contributed by atoms with van der Waals surface area (Å²) in [5.41, 5.74) is 1.15. The van der Waals surface area contributed by atoms with Gasteiger partial charge in [0.2, 0.25) is 5.13 Å². The van der Waals surface area contributed by atoms with Crippen LogP contribution in [0.3, 0.4) is 0 Å². The molecule has 0 radical (unpaired) electrons. The van der Waals surface area contributed by atoms with Crippen molar-refractivity contribution in [2.24, 2.45) is 0 Å². The van der Waals surface area contributed by atoms with Gasteiger partial charge in [-0.15, -0.1) is 10.2 Å². The Morgan fingerprint density at radius 2 is 2.07 bits per heavy atom. The Labute approximate surface area is 179 Å². The molecule has 4 heterocycles. The molecule has 2 bridgehead atoms. The van der Waals surface area contributed by atoms with Crippen molar-refractivity contribution in [1.82, 2.24) is 25.1 Å². The van der Waals surface area contributed by atoms with Gasteiger partial charge in [0, 0.05) is 42.6 Å². The van der Waals surface area contributed by atoms with Crippen LogP contribution in [0.25, 0.3) is 16.3 Å². The number of nitrogens with zero attached hydrogens (tertiary/aromatic N) is 5. The number of imidazole rings is 1. The van der Waals surface area contributed by atoms with Gasteiger partial charge in [0.1, 0.15) is 5.75 Å². The fourth-order valence-corrected chi connectivity index (χ4v) is 5.96. The second kappa shape index (κ2) is 6.76. The van der Waals surface area contributed by atoms with Crippen molar-refractivity contribution in [3.8, 4) is 22.0 Å². The van der Waals surface area contributed by atoms with Gasteiger partial charge >= 0.3 is 0 Å². The molecule has 9 heteroatoms. The molecule has 0 aliphatic carbocycles. The highest BCUT2D eigenvalue weighted by molar-refractivity contribution is 7.18. The quantitative estimate of drug-likeness (QED) is 0.590. The lowest BCUT2D eigenvalue weighted by Crippen LogP contribution is -2.60. The second-order valence-corrected chi connectivity index (χ2v) is 10.0. The molecule has 30 heavy (non-hydrogen) atoms. The van der Waals surface area contributed by atoms with Crippen molar-refractivity contribution in [1.29, 1.82) is 0 Å². The van der Waals surface area contributed by atoms with Crippen LogP contribution < -0.4 is 10.2 Å². The van der Waals surface area contributed by atoms with E-state index in [-0.39, 0.29) is 29.0 Å². The van der Waals surface area contributed by atoms with Crippen molar-refractivity contribution in [3.05, 3.63) is 36.9 Å². The van der Waals surface area contributed by atoms with E-state index in [1.807, 2.05) is 29.9 Å². The van der Waals surface area contributed by atoms with Gasteiger partial charge in [-0.2, -0.15) is 0 Å². The highest BCUT2D eigenvalue weighted by Gasteiger charge is 2.55. The van der Waals surface area contributed by atoms with E-state index in [9.17, 15) is 10.2 Å². The number of hydrogen-bond acceptors (Lipinski definition) is 8. The van der Waals surface area contributed by atoms with E-state index in [2.05, 4.69) is 39.2 Å². The molecule has 2 fully saturated rings. The Morgan fingerprint density at radius 1 is 1.23 bits per heavy atom. The van der Waals surface area contributed by atoms with E-state index in [1.165, 1.54) is 11.3 Å². The van der Waals surface area contributed by atoms with E-state index in [1.54, 1.807) is 18.6 Å². The first-order chi connectivity index (χ1) is 14.3. The molecule has 3 N–H and O–H groups in total. The Morgan fingerprint density at radius 3 is 2.77 bits per heavy atom. The van der Waals surface area contributed by atoms with Gasteiger partial charge in [0.25, 0.3) is 0 Å². The van der Waals surface area contributed by atoms with E-state index in [0.717, 1.165) is 30.1 Å². The largest absolute Gasteiger partial charge is 0.507 e. The summed E-state index contributed by atoms with van der Waals surface area (Å²) in [6.07, 6.45) is 7.44. The molecule has 0 spiro atoms. The Kier molecular flexibility index (Phi) is 4.39. The fraction of sp³-hybridized carbons (Fsp3) is 0.476. The number of piperidine rings is 1. The smallest absolute Gasteiger partial charge is 0.208 e. The van der Waals surface area contributed by atoms with Crippen LogP contribution in [0.4, 0.5) is 5.13 Å². The molecule has 0 amide bonds. The van der Waals surface area contributed by atoms with Crippen LogP contribution in [0.1, 0.15) is 33.1 Å². The standard InChI is InChI=1S/C21H26N6O2S/c1-20-9-14(10-21(2,25-20)17(29)11-20)26(3)19-24-23-18(30-19)15-5-4-13(8-16(15)28)27-7-6-22-12-27/h4-8,12,14,17,25,28-29H,9-11H2,1-3H3/t14-,17+,20+,21-/m0/s1. The summed E-state index contributed by atoms with van der Waals surface area (Å²) in [6, 6.07) is 5.75. The third-order valence-corrected chi connectivity index (χ3v) is 7.64. The van der Waals surface area contributed by atoms with Gasteiger partial charge < -0.3 is 25.0 Å². The van der Waals surface area contributed by atoms with Crippen LogP contribution in [0, 0.1) is 0 Å². The first-order valence-electron chi connectivity index (χ1n) is 10.1. The number of benzene rings is 1. The molecule has 1 aromatic carbocycles. The predicted molar refractivity (Wildman–Crippen MR) is 116 cm³/mol. The number of anilines is 1. The Hall–Kier alpha value is -2.49. The average Bonchev–Trinajstić information content (AvgIpc) is 3.41. The lowest BCUT2D eigenvalue weighted by Gasteiger charge is -2.45.